The number of nitrogens with one attached hydrogen (secondary N) is 1. The van der Waals surface area contributed by atoms with Gasteiger partial charge in [-0.3, -0.25) is 29.0 Å². The van der Waals surface area contributed by atoms with Crippen LogP contribution in [0, 0.1) is 53.8 Å². The monoisotopic (exact) mass is 1760 g/mol. The molecule has 1 N–H and O–H groups in total. The Morgan fingerprint density at radius 2 is 0.887 bits per heavy atom. The van der Waals surface area contributed by atoms with Crippen molar-refractivity contribution in [2.24, 2.45) is 23.7 Å². The maximum Gasteiger partial charge on any atom is 0.433 e. The van der Waals surface area contributed by atoms with E-state index >= 15 is 0 Å². The standard InChI is InChI=1S/C23H23N5O.C22H23F3N6O.C17H20N2O.C16H21N5O.C6H4BrN3.C6H3F4N/c29-23-19(8-4-9-20-10-5-11-22-24-17-25-28(20)22)14-21-16-26(12-13-27(21)23)15-18-6-2-1-3-7-18;23-22(24,25)18-7-3-9-20(28-18)29-10-11-30-17(13-29)12-15(21(30)32)4-1-5-16-6-2-8-19-26-14-27-31(16)19;1-2-6-15-11-16-13-18(9-10-19(16)17(15)20)12-14-7-4-3-5-8-14;22-16-12(9-14-10-17-7-8-20(14)16)3-1-4-13-5-2-6-15-18-11-19-21(13)15;7-5-2-1-3-6-8-4-9-10(5)6;7-5-3-1-2-4(11-5)6(8,9)10/h1-3,5-7,10-11,17,19,21H,8,12-16H2;2-3,6-9,14-15,17H,1,4-5,10-13H2;1,3-5,7-8,15-16H,6,9-13H2;2,5-6,11-12,14,17H,1,3-4,7-10H2;1-4H;1-3H/t19-,21-;15-,17-;15-,16-;12-,14-;;/m0000../s1. The van der Waals surface area contributed by atoms with Crippen molar-refractivity contribution in [2.45, 2.75) is 127 Å². The number of hydrogen-bond donors (Lipinski definition) is 1. The molecule has 4 amide bonds. The van der Waals surface area contributed by atoms with E-state index in [0.717, 1.165) is 193 Å². The number of nitrogens with zero attached hydrogens (tertiary/aromatic N) is 21. The van der Waals surface area contributed by atoms with Gasteiger partial charge in [-0.15, -0.1) is 12.3 Å². The second-order valence-corrected chi connectivity index (χ2v) is 32.7. The van der Waals surface area contributed by atoms with Gasteiger partial charge < -0.3 is 29.8 Å². The topological polar surface area (TPSA) is 250 Å². The second kappa shape index (κ2) is 40.0. The van der Waals surface area contributed by atoms with Crippen LogP contribution in [0.25, 0.3) is 22.6 Å². The molecule has 124 heavy (non-hydrogen) atoms. The number of piperazine rings is 4. The lowest BCUT2D eigenvalue weighted by Crippen LogP contribution is -2.51. The fourth-order valence-electron chi connectivity index (χ4n) is 17.8. The highest BCUT2D eigenvalue weighted by atomic mass is 79.9. The molecule has 34 heteroatoms. The largest absolute Gasteiger partial charge is 0.433 e. The molecule has 8 aliphatic rings. The molecule has 0 aliphatic carbocycles. The summed E-state index contributed by atoms with van der Waals surface area (Å²) in [4.78, 5) is 88.3. The number of amides is 4. The molecule has 26 nitrogen and oxygen atoms in total. The smallest absolute Gasteiger partial charge is 0.353 e. The molecule has 8 aliphatic heterocycles. The van der Waals surface area contributed by atoms with E-state index in [1.165, 1.54) is 41.9 Å². The Kier molecular flexibility index (Phi) is 28.0. The first kappa shape index (κ1) is 86.8. The molecule has 0 bridgehead atoms. The van der Waals surface area contributed by atoms with Gasteiger partial charge in [-0.2, -0.15) is 51.1 Å². The molecule has 12 aromatic rings. The number of halogens is 8. The second-order valence-electron chi connectivity index (χ2n) is 31.9. The van der Waals surface area contributed by atoms with Gasteiger partial charge in [0, 0.05) is 146 Å². The van der Waals surface area contributed by atoms with E-state index in [1.54, 1.807) is 21.4 Å². The number of rotatable bonds is 15. The van der Waals surface area contributed by atoms with Crippen molar-refractivity contribution >= 4 is 68.0 Å². The lowest BCUT2D eigenvalue weighted by atomic mass is 9.97. The molecule has 0 spiro atoms. The zero-order valence-corrected chi connectivity index (χ0v) is 69.7. The summed E-state index contributed by atoms with van der Waals surface area (Å²) in [6, 6.07) is 52.1. The van der Waals surface area contributed by atoms with Crippen LogP contribution >= 0.6 is 15.9 Å². The number of aromatic nitrogens is 14. The Labute approximate surface area is 720 Å². The third-order valence-corrected chi connectivity index (χ3v) is 24.4. The van der Waals surface area contributed by atoms with Gasteiger partial charge >= 0.3 is 12.4 Å². The summed E-state index contributed by atoms with van der Waals surface area (Å²) >= 11 is 3.34. The molecule has 0 radical (unpaired) electrons. The number of terminal acetylenes is 1. The van der Waals surface area contributed by atoms with E-state index in [1.807, 2.05) is 103 Å². The molecule has 0 unspecified atom stereocenters. The van der Waals surface area contributed by atoms with Crippen molar-refractivity contribution in [2.75, 3.05) is 83.4 Å². The van der Waals surface area contributed by atoms with Crippen LogP contribution in [0.3, 0.4) is 0 Å². The van der Waals surface area contributed by atoms with Crippen molar-refractivity contribution in [1.29, 1.82) is 0 Å². The number of anilines is 1. The first-order valence-electron chi connectivity index (χ1n) is 41.8. The quantitative estimate of drug-likeness (QED) is 0.0569. The van der Waals surface area contributed by atoms with Crippen molar-refractivity contribution in [3.8, 4) is 24.2 Å². The van der Waals surface area contributed by atoms with Crippen LogP contribution in [0.15, 0.2) is 200 Å². The minimum atomic E-state index is -4.57. The molecule has 0 saturated carbocycles. The number of hydrogen-bond acceptors (Lipinski definition) is 18. The molecule has 8 saturated heterocycles. The number of carbonyl (C=O) groups is 4. The van der Waals surface area contributed by atoms with Crippen LogP contribution < -0.4 is 10.2 Å². The summed E-state index contributed by atoms with van der Waals surface area (Å²) in [6.07, 6.45) is 12.6. The molecule has 10 aromatic heterocycles. The summed E-state index contributed by atoms with van der Waals surface area (Å²) in [7, 11) is 0. The van der Waals surface area contributed by atoms with Crippen LogP contribution in [0.5, 0.6) is 0 Å². The molecular weight excluding hydrogens is 1670 g/mol. The van der Waals surface area contributed by atoms with E-state index in [0.29, 0.717) is 68.4 Å². The normalized spacial score (nSPS) is 21.2. The third kappa shape index (κ3) is 21.4. The van der Waals surface area contributed by atoms with Crippen LogP contribution in [-0.4, -0.2) is 224 Å². The SMILES string of the molecule is Brc1cccc2ncnn12.C#CC[C@H]1C[C@H]2CN(Cc3ccccc3)CCN2C1=O.Fc1cccc(C(F)(F)F)n1.O=C1[C@@H](CC#Cc2cccc3ncnn23)C[C@H]2CN(Cc3ccccc3)CCN12.O=C1[C@@H](CCCc2cccc3ncnn23)C[C@H]2CN(c3cccc(C(F)(F)F)n3)CCN12.O=C1[C@@H](CCCc2cccc3ncnn23)C[C@H]2CNCCN12. The minimum Gasteiger partial charge on any atom is -0.353 e. The van der Waals surface area contributed by atoms with Gasteiger partial charge in [0.1, 0.15) is 52.8 Å². The van der Waals surface area contributed by atoms with Gasteiger partial charge in [0.25, 0.3) is 0 Å². The number of fused-ring (bicyclic) bond motifs is 8. The zero-order valence-electron chi connectivity index (χ0n) is 68.1. The number of carbonyl (C=O) groups excluding carboxylic acids is 4. The van der Waals surface area contributed by atoms with Crippen LogP contribution in [0.1, 0.15) is 104 Å². The minimum absolute atomic E-state index is 0.000810. The number of alkyl halides is 6. The highest BCUT2D eigenvalue weighted by Gasteiger charge is 2.46. The molecule has 8 atom stereocenters. The van der Waals surface area contributed by atoms with E-state index in [-0.39, 0.29) is 47.4 Å². The van der Waals surface area contributed by atoms with Gasteiger partial charge in [0.05, 0.1) is 17.9 Å². The lowest BCUT2D eigenvalue weighted by molar-refractivity contribution is -0.142. The fraction of sp³-hybridized carbons (Fsp3) is 0.400. The van der Waals surface area contributed by atoms with Crippen molar-refractivity contribution in [3.63, 3.8) is 0 Å². The van der Waals surface area contributed by atoms with Crippen LogP contribution in [0.2, 0.25) is 0 Å². The summed E-state index contributed by atoms with van der Waals surface area (Å²) in [5.41, 5.74) is 6.93. The summed E-state index contributed by atoms with van der Waals surface area (Å²) in [5.74, 6) is 9.49. The van der Waals surface area contributed by atoms with Crippen LogP contribution in [-0.2, 0) is 57.5 Å². The Bertz CT molecular complexity index is 5760. The van der Waals surface area contributed by atoms with Gasteiger partial charge in [-0.25, -0.2) is 48.0 Å². The van der Waals surface area contributed by atoms with Crippen molar-refractivity contribution in [1.82, 2.24) is 103 Å². The van der Waals surface area contributed by atoms with Crippen molar-refractivity contribution in [3.05, 3.63) is 245 Å². The predicted molar refractivity (Wildman–Crippen MR) is 452 cm³/mol. The van der Waals surface area contributed by atoms with E-state index < -0.39 is 29.7 Å². The van der Waals surface area contributed by atoms with Crippen molar-refractivity contribution < 1.29 is 49.9 Å². The Morgan fingerprint density at radius 3 is 1.41 bits per heavy atom. The van der Waals surface area contributed by atoms with E-state index in [9.17, 15) is 49.9 Å². The zero-order chi connectivity index (χ0) is 86.3. The van der Waals surface area contributed by atoms with Gasteiger partial charge in [-0.05, 0) is 170 Å². The van der Waals surface area contributed by atoms with E-state index in [4.69, 9.17) is 6.42 Å². The predicted octanol–water partition coefficient (Wildman–Crippen LogP) is 11.8. The fourth-order valence-corrected chi connectivity index (χ4v) is 18.2. The van der Waals surface area contributed by atoms with E-state index in [2.05, 4.69) is 164 Å². The molecule has 644 valence electrons. The average Bonchev–Trinajstić information content (AvgIpc) is 1.69. The van der Waals surface area contributed by atoms with Gasteiger partial charge in [-0.1, -0.05) is 103 Å². The lowest BCUT2D eigenvalue weighted by Gasteiger charge is -2.38. The summed E-state index contributed by atoms with van der Waals surface area (Å²) in [5, 5.41) is 20.1. The third-order valence-electron chi connectivity index (χ3n) is 23.8. The molecule has 18 heterocycles. The Balaban J connectivity index is 0.000000120. The average molecular weight is 1760 g/mol. The van der Waals surface area contributed by atoms with Gasteiger partial charge in [0.2, 0.25) is 29.6 Å². The first-order chi connectivity index (χ1) is 60.2. The molecule has 8 fully saturated rings. The number of aryl methyl sites for hydroxylation is 2. The Hall–Kier alpha value is -12.1. The molecule has 20 rings (SSSR count). The maximum absolute atomic E-state index is 13.0. The van der Waals surface area contributed by atoms with Gasteiger partial charge in [0.15, 0.2) is 22.6 Å². The van der Waals surface area contributed by atoms with Crippen LogP contribution in [0.4, 0.5) is 36.6 Å². The number of pyridine rings is 6. The summed E-state index contributed by atoms with van der Waals surface area (Å²) < 4.78 is 94.4. The number of benzene rings is 2. The maximum atomic E-state index is 13.0. The summed E-state index contributed by atoms with van der Waals surface area (Å²) in [6.45, 7) is 11.7. The highest BCUT2D eigenvalue weighted by molar-refractivity contribution is 9.10. The Morgan fingerprint density at radius 1 is 0.444 bits per heavy atom. The first-order valence-corrected chi connectivity index (χ1v) is 42.6. The highest BCUT2D eigenvalue weighted by Crippen LogP contribution is 2.37. The molecular formula is C90H94BrF7N22O4. The molecule has 2 aromatic carbocycles.